The normalized spacial score (nSPS) is 10.5. The molecule has 0 fully saturated rings. The second-order valence-corrected chi connectivity index (χ2v) is 4.05. The Bertz CT molecular complexity index is 626. The van der Waals surface area contributed by atoms with Gasteiger partial charge in [-0.25, -0.2) is 4.98 Å². The van der Waals surface area contributed by atoms with E-state index in [1.807, 2.05) is 6.92 Å². The molecular weight excluding hydrogens is 272 g/mol. The molecule has 0 aliphatic rings. The third kappa shape index (κ3) is 2.79. The van der Waals surface area contributed by atoms with Crippen LogP contribution in [0.15, 0.2) is 12.3 Å². The first-order valence-corrected chi connectivity index (χ1v) is 5.88. The van der Waals surface area contributed by atoms with Gasteiger partial charge in [-0.2, -0.15) is 10.1 Å². The van der Waals surface area contributed by atoms with Crippen molar-refractivity contribution in [1.29, 1.82) is 0 Å². The Morgan fingerprint density at radius 2 is 2.26 bits per heavy atom. The molecule has 0 spiro atoms. The van der Waals surface area contributed by atoms with Gasteiger partial charge < -0.3 is 5.32 Å². The topological polar surface area (TPSA) is 98.8 Å². The van der Waals surface area contributed by atoms with E-state index in [1.54, 1.807) is 16.9 Å². The lowest BCUT2D eigenvalue weighted by molar-refractivity contribution is -0.385. The van der Waals surface area contributed by atoms with Gasteiger partial charge in [-0.15, -0.1) is 0 Å². The average Bonchev–Trinajstić information content (AvgIpc) is 2.75. The summed E-state index contributed by atoms with van der Waals surface area (Å²) in [6, 6.07) is 1.69. The molecule has 9 heteroatoms. The molecule has 0 amide bonds. The molecule has 100 valence electrons. The summed E-state index contributed by atoms with van der Waals surface area (Å²) in [5.74, 6) is 0.489. The maximum absolute atomic E-state index is 11.0. The number of nitrogens with one attached hydrogen (secondary N) is 1. The molecule has 2 aromatic rings. The van der Waals surface area contributed by atoms with E-state index < -0.39 is 4.92 Å². The van der Waals surface area contributed by atoms with Crippen molar-refractivity contribution in [1.82, 2.24) is 19.7 Å². The number of aromatic nitrogens is 4. The summed E-state index contributed by atoms with van der Waals surface area (Å²) in [7, 11) is 0. The van der Waals surface area contributed by atoms with Crippen LogP contribution < -0.4 is 5.32 Å². The zero-order valence-electron chi connectivity index (χ0n) is 10.3. The SMILES string of the molecule is CCn1ccc(Nc2nc(Cl)nc(C)c2[N+](=O)[O-])n1. The van der Waals surface area contributed by atoms with Crippen molar-refractivity contribution in [3.8, 4) is 0 Å². The highest BCUT2D eigenvalue weighted by molar-refractivity contribution is 6.28. The number of hydrogen-bond acceptors (Lipinski definition) is 6. The third-order valence-electron chi connectivity index (χ3n) is 2.42. The van der Waals surface area contributed by atoms with Gasteiger partial charge in [-0.3, -0.25) is 14.8 Å². The number of nitro groups is 1. The molecular formula is C10H11ClN6O2. The molecule has 19 heavy (non-hydrogen) atoms. The summed E-state index contributed by atoms with van der Waals surface area (Å²) < 4.78 is 1.68. The fourth-order valence-electron chi connectivity index (χ4n) is 1.56. The van der Waals surface area contributed by atoms with Crippen LogP contribution in [-0.4, -0.2) is 24.7 Å². The van der Waals surface area contributed by atoms with Gasteiger partial charge in [0.1, 0.15) is 5.69 Å². The van der Waals surface area contributed by atoms with Crippen LogP contribution in [0.2, 0.25) is 5.28 Å². The molecule has 8 nitrogen and oxygen atoms in total. The molecule has 1 N–H and O–H groups in total. The maximum Gasteiger partial charge on any atom is 0.332 e. The van der Waals surface area contributed by atoms with E-state index in [4.69, 9.17) is 11.6 Å². The molecule has 0 saturated heterocycles. The molecule has 0 aromatic carbocycles. The minimum absolute atomic E-state index is 0.0313. The molecule has 2 heterocycles. The van der Waals surface area contributed by atoms with Gasteiger partial charge in [-0.1, -0.05) is 0 Å². The first kappa shape index (κ1) is 13.2. The molecule has 0 aliphatic carbocycles. The van der Waals surface area contributed by atoms with Crippen molar-refractivity contribution in [2.45, 2.75) is 20.4 Å². The van der Waals surface area contributed by atoms with Crippen molar-refractivity contribution in [2.24, 2.45) is 0 Å². The Balaban J connectivity index is 2.40. The van der Waals surface area contributed by atoms with Gasteiger partial charge in [0.15, 0.2) is 5.82 Å². The van der Waals surface area contributed by atoms with Gasteiger partial charge in [0.05, 0.1) is 4.92 Å². The van der Waals surface area contributed by atoms with Gasteiger partial charge >= 0.3 is 5.69 Å². The fourth-order valence-corrected chi connectivity index (χ4v) is 1.78. The third-order valence-corrected chi connectivity index (χ3v) is 2.59. The van der Waals surface area contributed by atoms with Gasteiger partial charge in [0.25, 0.3) is 0 Å². The van der Waals surface area contributed by atoms with E-state index in [9.17, 15) is 10.1 Å². The van der Waals surface area contributed by atoms with Crippen LogP contribution in [0.25, 0.3) is 0 Å². The minimum atomic E-state index is -0.551. The average molecular weight is 283 g/mol. The lowest BCUT2D eigenvalue weighted by Gasteiger charge is -2.05. The predicted molar refractivity (Wildman–Crippen MR) is 69.6 cm³/mol. The maximum atomic E-state index is 11.0. The number of hydrogen-bond donors (Lipinski definition) is 1. The smallest absolute Gasteiger partial charge is 0.318 e. The van der Waals surface area contributed by atoms with E-state index in [0.29, 0.717) is 12.4 Å². The Hall–Kier alpha value is -2.22. The molecule has 0 saturated carbocycles. The van der Waals surface area contributed by atoms with Crippen molar-refractivity contribution < 1.29 is 4.92 Å². The lowest BCUT2D eigenvalue weighted by atomic mass is 10.3. The molecule has 0 aliphatic heterocycles. The van der Waals surface area contributed by atoms with E-state index in [0.717, 1.165) is 0 Å². The van der Waals surface area contributed by atoms with Crippen LogP contribution in [0.3, 0.4) is 0 Å². The monoisotopic (exact) mass is 282 g/mol. The van der Waals surface area contributed by atoms with Crippen LogP contribution in [0, 0.1) is 17.0 Å². The lowest BCUT2D eigenvalue weighted by Crippen LogP contribution is -2.05. The Morgan fingerprint density at radius 1 is 1.53 bits per heavy atom. The van der Waals surface area contributed by atoms with Gasteiger partial charge in [0, 0.05) is 18.8 Å². The number of anilines is 2. The van der Waals surface area contributed by atoms with E-state index >= 15 is 0 Å². The first-order chi connectivity index (χ1) is 9.01. The summed E-state index contributed by atoms with van der Waals surface area (Å²) in [6.45, 7) is 4.14. The van der Waals surface area contributed by atoms with Crippen LogP contribution in [0.4, 0.5) is 17.3 Å². The zero-order chi connectivity index (χ0) is 14.0. The van der Waals surface area contributed by atoms with Gasteiger partial charge in [-0.05, 0) is 25.4 Å². The summed E-state index contributed by atoms with van der Waals surface area (Å²) in [5, 5.41) is 17.9. The number of aryl methyl sites for hydroxylation is 2. The molecule has 2 rings (SSSR count). The van der Waals surface area contributed by atoms with Crippen LogP contribution in [-0.2, 0) is 6.54 Å². The molecule has 0 radical (unpaired) electrons. The van der Waals surface area contributed by atoms with E-state index in [2.05, 4.69) is 20.4 Å². The number of nitrogens with zero attached hydrogens (tertiary/aromatic N) is 5. The Labute approximate surface area is 113 Å². The van der Waals surface area contributed by atoms with Crippen molar-refractivity contribution in [2.75, 3.05) is 5.32 Å². The Kier molecular flexibility index (Phi) is 3.61. The van der Waals surface area contributed by atoms with Crippen molar-refractivity contribution in [3.05, 3.63) is 33.4 Å². The largest absolute Gasteiger partial charge is 0.332 e. The molecule has 0 atom stereocenters. The fraction of sp³-hybridized carbons (Fsp3) is 0.300. The molecule has 2 aromatic heterocycles. The summed E-state index contributed by atoms with van der Waals surface area (Å²) >= 11 is 5.72. The summed E-state index contributed by atoms with van der Waals surface area (Å²) in [4.78, 5) is 18.1. The first-order valence-electron chi connectivity index (χ1n) is 5.50. The standard InChI is InChI=1S/C10H11ClN6O2/c1-3-16-5-4-7(15-16)13-9-8(17(18)19)6(2)12-10(11)14-9/h4-5H,3H2,1-2H3,(H,12,13,14,15). The highest BCUT2D eigenvalue weighted by atomic mass is 35.5. The van der Waals surface area contributed by atoms with Crippen LogP contribution in [0.5, 0.6) is 0 Å². The van der Waals surface area contributed by atoms with Crippen LogP contribution >= 0.6 is 11.6 Å². The van der Waals surface area contributed by atoms with Crippen molar-refractivity contribution >= 4 is 28.9 Å². The Morgan fingerprint density at radius 3 is 2.84 bits per heavy atom. The van der Waals surface area contributed by atoms with Gasteiger partial charge in [0.2, 0.25) is 11.1 Å². The number of halogens is 1. The second kappa shape index (κ2) is 5.19. The minimum Gasteiger partial charge on any atom is -0.318 e. The molecule has 0 bridgehead atoms. The molecule has 0 unspecified atom stereocenters. The highest BCUT2D eigenvalue weighted by Crippen LogP contribution is 2.28. The van der Waals surface area contributed by atoms with Crippen molar-refractivity contribution in [3.63, 3.8) is 0 Å². The quantitative estimate of drug-likeness (QED) is 0.525. The van der Waals surface area contributed by atoms with Crippen LogP contribution in [0.1, 0.15) is 12.6 Å². The highest BCUT2D eigenvalue weighted by Gasteiger charge is 2.22. The second-order valence-electron chi connectivity index (χ2n) is 3.71. The summed E-state index contributed by atoms with van der Waals surface area (Å²) in [6.07, 6.45) is 1.75. The zero-order valence-corrected chi connectivity index (χ0v) is 11.0. The number of rotatable bonds is 4. The summed E-state index contributed by atoms with van der Waals surface area (Å²) in [5.41, 5.74) is -0.0159. The van der Waals surface area contributed by atoms with E-state index in [-0.39, 0.29) is 22.5 Å². The van der Waals surface area contributed by atoms with E-state index in [1.165, 1.54) is 6.92 Å². The predicted octanol–water partition coefficient (Wildman–Crippen LogP) is 2.31.